The SMILES string of the molecule is CCC[C@@]1(O)[C@@H](CC)C[C@@H]1O. The first-order valence-corrected chi connectivity index (χ1v) is 4.55. The van der Waals surface area contributed by atoms with Crippen LogP contribution in [-0.2, 0) is 0 Å². The molecule has 1 rings (SSSR count). The molecular weight excluding hydrogens is 140 g/mol. The van der Waals surface area contributed by atoms with E-state index in [4.69, 9.17) is 0 Å². The van der Waals surface area contributed by atoms with E-state index in [9.17, 15) is 10.2 Å². The lowest BCUT2D eigenvalue weighted by molar-refractivity contribution is -0.196. The second-order valence-electron chi connectivity index (χ2n) is 3.60. The van der Waals surface area contributed by atoms with Gasteiger partial charge < -0.3 is 10.2 Å². The summed E-state index contributed by atoms with van der Waals surface area (Å²) in [4.78, 5) is 0. The van der Waals surface area contributed by atoms with Crippen molar-refractivity contribution < 1.29 is 10.2 Å². The lowest BCUT2D eigenvalue weighted by atomic mass is 9.63. The molecule has 2 N–H and O–H groups in total. The van der Waals surface area contributed by atoms with Gasteiger partial charge in [-0.05, 0) is 18.8 Å². The molecule has 11 heavy (non-hydrogen) atoms. The van der Waals surface area contributed by atoms with Gasteiger partial charge in [-0.25, -0.2) is 0 Å². The summed E-state index contributed by atoms with van der Waals surface area (Å²) in [6.45, 7) is 4.10. The molecule has 0 aromatic rings. The second-order valence-corrected chi connectivity index (χ2v) is 3.60. The molecule has 0 spiro atoms. The van der Waals surface area contributed by atoms with Gasteiger partial charge in [0, 0.05) is 0 Å². The van der Waals surface area contributed by atoms with E-state index in [2.05, 4.69) is 6.92 Å². The molecule has 2 heteroatoms. The largest absolute Gasteiger partial charge is 0.390 e. The van der Waals surface area contributed by atoms with Crippen LogP contribution in [-0.4, -0.2) is 21.9 Å². The molecular formula is C9H18O2. The van der Waals surface area contributed by atoms with E-state index in [1.165, 1.54) is 0 Å². The van der Waals surface area contributed by atoms with Crippen LogP contribution in [0.5, 0.6) is 0 Å². The van der Waals surface area contributed by atoms with Crippen LogP contribution in [0.25, 0.3) is 0 Å². The average Bonchev–Trinajstić information content (AvgIpc) is 2.00. The summed E-state index contributed by atoms with van der Waals surface area (Å²) in [6.07, 6.45) is 2.99. The van der Waals surface area contributed by atoms with Gasteiger partial charge in [-0.3, -0.25) is 0 Å². The molecule has 0 radical (unpaired) electrons. The fraction of sp³-hybridized carbons (Fsp3) is 1.00. The van der Waals surface area contributed by atoms with Crippen molar-refractivity contribution in [1.82, 2.24) is 0 Å². The first-order valence-electron chi connectivity index (χ1n) is 4.55. The van der Waals surface area contributed by atoms with Crippen LogP contribution in [0, 0.1) is 5.92 Å². The molecule has 0 unspecified atom stereocenters. The van der Waals surface area contributed by atoms with Crippen LogP contribution in [0.3, 0.4) is 0 Å². The molecule has 0 heterocycles. The van der Waals surface area contributed by atoms with Crippen LogP contribution in [0.2, 0.25) is 0 Å². The normalized spacial score (nSPS) is 43.6. The highest BCUT2D eigenvalue weighted by atomic mass is 16.3. The zero-order valence-electron chi connectivity index (χ0n) is 7.38. The number of hydrogen-bond acceptors (Lipinski definition) is 2. The summed E-state index contributed by atoms with van der Waals surface area (Å²) in [5.41, 5.74) is -0.747. The van der Waals surface area contributed by atoms with E-state index < -0.39 is 11.7 Å². The number of hydrogen-bond donors (Lipinski definition) is 2. The Hall–Kier alpha value is -0.0800. The maximum Gasteiger partial charge on any atom is 0.0934 e. The molecule has 0 aromatic carbocycles. The van der Waals surface area contributed by atoms with Gasteiger partial charge in [-0.2, -0.15) is 0 Å². The van der Waals surface area contributed by atoms with Gasteiger partial charge in [0.05, 0.1) is 11.7 Å². The molecule has 1 saturated carbocycles. The predicted molar refractivity (Wildman–Crippen MR) is 44.3 cm³/mol. The molecule has 0 amide bonds. The minimum Gasteiger partial charge on any atom is -0.390 e. The quantitative estimate of drug-likeness (QED) is 0.650. The van der Waals surface area contributed by atoms with Crippen LogP contribution in [0.1, 0.15) is 39.5 Å². The van der Waals surface area contributed by atoms with E-state index in [0.29, 0.717) is 5.92 Å². The lowest BCUT2D eigenvalue weighted by Crippen LogP contribution is -2.59. The zero-order valence-corrected chi connectivity index (χ0v) is 7.38. The Morgan fingerprint density at radius 3 is 2.45 bits per heavy atom. The predicted octanol–water partition coefficient (Wildman–Crippen LogP) is 1.31. The molecule has 0 aromatic heterocycles. The Morgan fingerprint density at radius 2 is 2.09 bits per heavy atom. The van der Waals surface area contributed by atoms with Gasteiger partial charge in [0.15, 0.2) is 0 Å². The third-order valence-electron chi connectivity index (χ3n) is 2.94. The highest BCUT2D eigenvalue weighted by Crippen LogP contribution is 2.43. The van der Waals surface area contributed by atoms with Crippen LogP contribution < -0.4 is 0 Å². The fourth-order valence-corrected chi connectivity index (χ4v) is 2.08. The van der Waals surface area contributed by atoms with E-state index in [1.807, 2.05) is 6.92 Å². The van der Waals surface area contributed by atoms with Crippen molar-refractivity contribution in [3.05, 3.63) is 0 Å². The maximum absolute atomic E-state index is 9.89. The molecule has 0 bridgehead atoms. The Balaban J connectivity index is 2.50. The molecule has 3 atom stereocenters. The van der Waals surface area contributed by atoms with Crippen molar-refractivity contribution in [2.75, 3.05) is 0 Å². The summed E-state index contributed by atoms with van der Waals surface area (Å²) in [7, 11) is 0. The average molecular weight is 158 g/mol. The van der Waals surface area contributed by atoms with Crippen molar-refractivity contribution >= 4 is 0 Å². The third kappa shape index (κ3) is 1.30. The van der Waals surface area contributed by atoms with Gasteiger partial charge in [-0.1, -0.05) is 26.7 Å². The summed E-state index contributed by atoms with van der Waals surface area (Å²) >= 11 is 0. The Labute approximate surface area is 68.2 Å². The Morgan fingerprint density at radius 1 is 1.45 bits per heavy atom. The topological polar surface area (TPSA) is 40.5 Å². The molecule has 0 saturated heterocycles. The zero-order chi connectivity index (χ0) is 8.48. The van der Waals surface area contributed by atoms with Crippen LogP contribution in [0.4, 0.5) is 0 Å². The smallest absolute Gasteiger partial charge is 0.0934 e. The van der Waals surface area contributed by atoms with E-state index in [1.54, 1.807) is 0 Å². The molecule has 1 aliphatic rings. The van der Waals surface area contributed by atoms with Gasteiger partial charge in [0.2, 0.25) is 0 Å². The number of aliphatic hydroxyl groups excluding tert-OH is 1. The summed E-state index contributed by atoms with van der Waals surface area (Å²) < 4.78 is 0. The van der Waals surface area contributed by atoms with Crippen molar-refractivity contribution in [2.24, 2.45) is 5.92 Å². The van der Waals surface area contributed by atoms with Gasteiger partial charge >= 0.3 is 0 Å². The van der Waals surface area contributed by atoms with Crippen molar-refractivity contribution in [1.29, 1.82) is 0 Å². The molecule has 2 nitrogen and oxygen atoms in total. The van der Waals surface area contributed by atoms with Crippen molar-refractivity contribution in [3.8, 4) is 0 Å². The van der Waals surface area contributed by atoms with Crippen LogP contribution >= 0.6 is 0 Å². The van der Waals surface area contributed by atoms with E-state index in [-0.39, 0.29) is 0 Å². The van der Waals surface area contributed by atoms with Crippen molar-refractivity contribution in [3.63, 3.8) is 0 Å². The first kappa shape index (κ1) is 9.01. The first-order chi connectivity index (χ1) is 5.15. The second kappa shape index (κ2) is 3.11. The summed E-state index contributed by atoms with van der Waals surface area (Å²) in [5.74, 6) is 0.331. The highest BCUT2D eigenvalue weighted by Gasteiger charge is 2.51. The molecule has 0 aliphatic heterocycles. The van der Waals surface area contributed by atoms with E-state index >= 15 is 0 Å². The summed E-state index contributed by atoms with van der Waals surface area (Å²) in [5, 5.41) is 19.2. The minimum absolute atomic E-state index is 0.331. The lowest BCUT2D eigenvalue weighted by Gasteiger charge is -2.49. The monoisotopic (exact) mass is 158 g/mol. The summed E-state index contributed by atoms with van der Waals surface area (Å²) in [6, 6.07) is 0. The Kier molecular flexibility index (Phi) is 2.55. The molecule has 66 valence electrons. The minimum atomic E-state index is -0.747. The van der Waals surface area contributed by atoms with Gasteiger partial charge in [0.25, 0.3) is 0 Å². The fourth-order valence-electron chi connectivity index (χ4n) is 2.08. The van der Waals surface area contributed by atoms with Crippen molar-refractivity contribution in [2.45, 2.75) is 51.2 Å². The number of rotatable bonds is 3. The molecule has 1 fully saturated rings. The van der Waals surface area contributed by atoms with Crippen LogP contribution in [0.15, 0.2) is 0 Å². The van der Waals surface area contributed by atoms with Gasteiger partial charge in [0.1, 0.15) is 0 Å². The number of aliphatic hydroxyl groups is 2. The highest BCUT2D eigenvalue weighted by molar-refractivity contribution is 5.02. The Bertz CT molecular complexity index is 136. The van der Waals surface area contributed by atoms with E-state index in [0.717, 1.165) is 25.7 Å². The standard InChI is InChI=1S/C9H18O2/c1-3-5-9(11)7(4-2)6-8(9)10/h7-8,10-11H,3-6H2,1-2H3/t7-,8-,9+/m0/s1. The molecule has 1 aliphatic carbocycles. The van der Waals surface area contributed by atoms with Gasteiger partial charge in [-0.15, -0.1) is 0 Å². The maximum atomic E-state index is 9.89. The third-order valence-corrected chi connectivity index (χ3v) is 2.94.